The monoisotopic (exact) mass is 444 g/mol. The molecule has 3 heterocycles. The molecule has 1 amide bonds. The van der Waals surface area contributed by atoms with Gasteiger partial charge in [0.1, 0.15) is 0 Å². The maximum atomic E-state index is 13.4. The number of carbonyl (C=O) groups excluding carboxylic acids is 1. The van der Waals surface area contributed by atoms with E-state index in [-0.39, 0.29) is 23.2 Å². The Bertz CT molecular complexity index is 1490. The molecule has 0 spiro atoms. The summed E-state index contributed by atoms with van der Waals surface area (Å²) >= 11 is 0. The van der Waals surface area contributed by atoms with Crippen LogP contribution in [0.15, 0.2) is 41.2 Å². The molecule has 0 bridgehead atoms. The van der Waals surface area contributed by atoms with Crippen LogP contribution in [-0.4, -0.2) is 43.0 Å². The summed E-state index contributed by atoms with van der Waals surface area (Å²) in [5, 5.41) is 10.2. The van der Waals surface area contributed by atoms with E-state index < -0.39 is 5.97 Å². The number of hydrogen-bond acceptors (Lipinski definition) is 3. The third-order valence-corrected chi connectivity index (χ3v) is 7.16. The summed E-state index contributed by atoms with van der Waals surface area (Å²) in [5.74, 6) is -1.07. The van der Waals surface area contributed by atoms with Gasteiger partial charge in [-0.3, -0.25) is 9.36 Å². The topological polar surface area (TPSA) is 111 Å². The van der Waals surface area contributed by atoms with Gasteiger partial charge in [-0.2, -0.15) is 0 Å². The van der Waals surface area contributed by atoms with Crippen LogP contribution >= 0.6 is 0 Å². The van der Waals surface area contributed by atoms with Gasteiger partial charge in [0, 0.05) is 53.3 Å². The zero-order chi connectivity index (χ0) is 22.7. The van der Waals surface area contributed by atoms with Crippen molar-refractivity contribution in [1.82, 2.24) is 19.4 Å². The fourth-order valence-corrected chi connectivity index (χ4v) is 5.49. The predicted octanol–water partition coefficient (Wildman–Crippen LogP) is 3.82. The minimum Gasteiger partial charge on any atom is -0.478 e. The van der Waals surface area contributed by atoms with Crippen LogP contribution in [0.2, 0.25) is 0 Å². The lowest BCUT2D eigenvalue weighted by atomic mass is 10.0. The quantitative estimate of drug-likeness (QED) is 0.446. The first-order chi connectivity index (χ1) is 16.0. The highest BCUT2D eigenvalue weighted by Gasteiger charge is 2.26. The third kappa shape index (κ3) is 3.16. The van der Waals surface area contributed by atoms with E-state index in [0.29, 0.717) is 30.6 Å². The van der Waals surface area contributed by atoms with Crippen LogP contribution in [0, 0.1) is 0 Å². The van der Waals surface area contributed by atoms with Gasteiger partial charge in [-0.05, 0) is 49.2 Å². The maximum absolute atomic E-state index is 13.4. The van der Waals surface area contributed by atoms with E-state index in [1.165, 1.54) is 0 Å². The number of nitrogens with one attached hydrogen (secondary N) is 2. The number of carboxylic acids is 1. The molecule has 168 valence electrons. The van der Waals surface area contributed by atoms with Crippen LogP contribution < -0.4 is 5.69 Å². The van der Waals surface area contributed by atoms with Crippen LogP contribution in [0.4, 0.5) is 0 Å². The molecule has 0 radical (unpaired) electrons. The number of aromatic amines is 2. The number of carboxylic acid groups (broad SMARTS) is 1. The normalized spacial score (nSPS) is 16.5. The molecule has 0 unspecified atom stereocenters. The van der Waals surface area contributed by atoms with Crippen LogP contribution in [0.1, 0.15) is 63.7 Å². The molecule has 6 rings (SSSR count). The summed E-state index contributed by atoms with van der Waals surface area (Å²) in [6, 6.07) is 10.7. The van der Waals surface area contributed by atoms with E-state index in [1.807, 2.05) is 10.6 Å². The van der Waals surface area contributed by atoms with Crippen molar-refractivity contribution in [2.75, 3.05) is 6.54 Å². The van der Waals surface area contributed by atoms with Gasteiger partial charge < -0.3 is 20.0 Å². The van der Waals surface area contributed by atoms with Crippen molar-refractivity contribution in [1.29, 1.82) is 0 Å². The van der Waals surface area contributed by atoms with Crippen molar-refractivity contribution in [3.05, 3.63) is 69.3 Å². The third-order valence-electron chi connectivity index (χ3n) is 7.16. The Hall–Kier alpha value is -3.81. The number of nitrogens with zero attached hydrogens (tertiary/aromatic N) is 2. The molecule has 1 aliphatic heterocycles. The van der Waals surface area contributed by atoms with E-state index in [4.69, 9.17) is 0 Å². The number of amides is 1. The first-order valence-electron chi connectivity index (χ1n) is 11.4. The summed E-state index contributed by atoms with van der Waals surface area (Å²) in [4.78, 5) is 45.4. The lowest BCUT2D eigenvalue weighted by Crippen LogP contribution is -2.35. The van der Waals surface area contributed by atoms with Crippen molar-refractivity contribution >= 4 is 33.8 Å². The Morgan fingerprint density at radius 2 is 1.76 bits per heavy atom. The SMILES string of the molecule is O=C(O)c1ccc2[nH]c3c(c2c1)CN(C(=O)c1ccc2c(c1)[nH]c(=O)n2C1CCCC1)CC3. The Balaban J connectivity index is 1.32. The second-order valence-electron chi connectivity index (χ2n) is 9.09. The molecular weight excluding hydrogens is 420 g/mol. The van der Waals surface area contributed by atoms with E-state index in [9.17, 15) is 19.5 Å². The number of imidazole rings is 1. The van der Waals surface area contributed by atoms with Crippen LogP contribution in [0.25, 0.3) is 21.9 Å². The number of aromatic carboxylic acids is 1. The van der Waals surface area contributed by atoms with Crippen molar-refractivity contribution in [3.8, 4) is 0 Å². The maximum Gasteiger partial charge on any atom is 0.335 e. The van der Waals surface area contributed by atoms with Crippen LogP contribution in [-0.2, 0) is 13.0 Å². The van der Waals surface area contributed by atoms with Gasteiger partial charge in [-0.15, -0.1) is 0 Å². The minimum absolute atomic E-state index is 0.0965. The fourth-order valence-electron chi connectivity index (χ4n) is 5.49. The molecule has 0 saturated heterocycles. The molecule has 33 heavy (non-hydrogen) atoms. The summed E-state index contributed by atoms with van der Waals surface area (Å²) in [6.45, 7) is 0.983. The number of H-pyrrole nitrogens is 2. The van der Waals surface area contributed by atoms with Gasteiger partial charge in [0.25, 0.3) is 5.91 Å². The Morgan fingerprint density at radius 1 is 0.970 bits per heavy atom. The number of aromatic nitrogens is 3. The molecule has 4 aromatic rings. The largest absolute Gasteiger partial charge is 0.478 e. The van der Waals surface area contributed by atoms with E-state index in [1.54, 1.807) is 35.2 Å². The van der Waals surface area contributed by atoms with Gasteiger partial charge in [0.15, 0.2) is 0 Å². The van der Waals surface area contributed by atoms with Gasteiger partial charge >= 0.3 is 11.7 Å². The number of fused-ring (bicyclic) bond motifs is 4. The Kier molecular flexibility index (Phi) is 4.43. The first kappa shape index (κ1) is 19.8. The molecule has 8 heteroatoms. The molecule has 8 nitrogen and oxygen atoms in total. The minimum atomic E-state index is -0.970. The lowest BCUT2D eigenvalue weighted by molar-refractivity contribution is 0.0694. The number of benzene rings is 2. The molecule has 2 aliphatic rings. The van der Waals surface area contributed by atoms with Crippen molar-refractivity contribution in [2.24, 2.45) is 0 Å². The number of hydrogen-bond donors (Lipinski definition) is 3. The fraction of sp³-hybridized carbons (Fsp3) is 0.320. The highest BCUT2D eigenvalue weighted by molar-refractivity contribution is 5.99. The molecule has 2 aromatic heterocycles. The standard InChI is InChI=1S/C25H24N4O4/c30-23(14-6-8-22-21(12-14)27-25(33)29(22)16-3-1-2-4-16)28-10-9-20-18(13-28)17-11-15(24(31)32)5-7-19(17)26-20/h5-8,11-12,16,26H,1-4,9-10,13H2,(H,27,33)(H,31,32). The zero-order valence-electron chi connectivity index (χ0n) is 18.1. The smallest absolute Gasteiger partial charge is 0.335 e. The zero-order valence-corrected chi connectivity index (χ0v) is 18.1. The molecule has 0 atom stereocenters. The van der Waals surface area contributed by atoms with Gasteiger partial charge in [0.05, 0.1) is 16.6 Å². The van der Waals surface area contributed by atoms with Gasteiger partial charge in [-0.25, -0.2) is 9.59 Å². The Morgan fingerprint density at radius 3 is 2.55 bits per heavy atom. The summed E-state index contributed by atoms with van der Waals surface area (Å²) in [7, 11) is 0. The van der Waals surface area contributed by atoms with E-state index in [2.05, 4.69) is 9.97 Å². The highest BCUT2D eigenvalue weighted by atomic mass is 16.4. The van der Waals surface area contributed by atoms with Crippen LogP contribution in [0.3, 0.4) is 0 Å². The summed E-state index contributed by atoms with van der Waals surface area (Å²) < 4.78 is 1.84. The molecular formula is C25H24N4O4. The predicted molar refractivity (Wildman–Crippen MR) is 124 cm³/mol. The van der Waals surface area contributed by atoms with Gasteiger partial charge in [-0.1, -0.05) is 12.8 Å². The lowest BCUT2D eigenvalue weighted by Gasteiger charge is -2.27. The Labute approximate surface area is 188 Å². The average Bonchev–Trinajstić information content (AvgIpc) is 3.53. The van der Waals surface area contributed by atoms with Gasteiger partial charge in [0.2, 0.25) is 0 Å². The molecule has 1 saturated carbocycles. The molecule has 1 fully saturated rings. The van der Waals surface area contributed by atoms with Crippen molar-refractivity contribution in [2.45, 2.75) is 44.7 Å². The second kappa shape index (κ2) is 7.37. The molecule has 3 N–H and O–H groups in total. The molecule has 1 aliphatic carbocycles. The van der Waals surface area contributed by atoms with Crippen molar-refractivity contribution in [3.63, 3.8) is 0 Å². The second-order valence-corrected chi connectivity index (χ2v) is 9.09. The molecule has 2 aromatic carbocycles. The average molecular weight is 444 g/mol. The highest BCUT2D eigenvalue weighted by Crippen LogP contribution is 2.32. The summed E-state index contributed by atoms with van der Waals surface area (Å²) in [6.07, 6.45) is 4.98. The summed E-state index contributed by atoms with van der Waals surface area (Å²) in [5.41, 5.74) is 5.09. The van der Waals surface area contributed by atoms with Crippen LogP contribution in [0.5, 0.6) is 0 Å². The van der Waals surface area contributed by atoms with E-state index >= 15 is 0 Å². The first-order valence-corrected chi connectivity index (χ1v) is 11.4. The van der Waals surface area contributed by atoms with Crippen molar-refractivity contribution < 1.29 is 14.7 Å². The van der Waals surface area contributed by atoms with E-state index in [0.717, 1.165) is 53.4 Å². The number of rotatable bonds is 3. The number of carbonyl (C=O) groups is 2.